The number of esters is 1. The van der Waals surface area contributed by atoms with E-state index in [0.29, 0.717) is 22.7 Å². The zero-order valence-corrected chi connectivity index (χ0v) is 17.5. The number of carbonyl (C=O) groups excluding carboxylic acids is 1. The molecule has 0 bridgehead atoms. The fourth-order valence-corrected chi connectivity index (χ4v) is 4.89. The van der Waals surface area contributed by atoms with E-state index < -0.39 is 18.0 Å². The lowest BCUT2D eigenvalue weighted by Crippen LogP contribution is -2.18. The molecular formula is C20H25O5PS. The summed E-state index contributed by atoms with van der Waals surface area (Å²) in [5.41, 5.74) is 2.27. The quantitative estimate of drug-likeness (QED) is 0.362. The van der Waals surface area contributed by atoms with E-state index in [-0.39, 0.29) is 11.8 Å². The molecule has 0 fully saturated rings. The highest BCUT2D eigenvalue weighted by atomic mass is 32.7. The Bertz CT molecular complexity index is 803. The van der Waals surface area contributed by atoms with E-state index in [1.165, 1.54) is 0 Å². The van der Waals surface area contributed by atoms with Crippen molar-refractivity contribution in [2.45, 2.75) is 44.8 Å². The fraction of sp³-hybridized carbons (Fsp3) is 0.350. The summed E-state index contributed by atoms with van der Waals surface area (Å²) in [5, 5.41) is -1.12. The first-order chi connectivity index (χ1) is 12.6. The van der Waals surface area contributed by atoms with E-state index in [4.69, 9.17) is 4.74 Å². The van der Waals surface area contributed by atoms with Crippen molar-refractivity contribution < 1.29 is 23.9 Å². The number of rotatable bonds is 7. The van der Waals surface area contributed by atoms with Crippen LogP contribution in [-0.2, 0) is 9.36 Å². The van der Waals surface area contributed by atoms with Gasteiger partial charge in [0.2, 0.25) is 0 Å². The lowest BCUT2D eigenvalue weighted by atomic mass is 9.94. The van der Waals surface area contributed by atoms with E-state index in [2.05, 4.69) is 0 Å². The van der Waals surface area contributed by atoms with Crippen LogP contribution >= 0.6 is 18.2 Å². The highest BCUT2D eigenvalue weighted by Crippen LogP contribution is 2.57. The van der Waals surface area contributed by atoms with Crippen LogP contribution in [-0.4, -0.2) is 15.8 Å². The van der Waals surface area contributed by atoms with Gasteiger partial charge in [0, 0.05) is 0 Å². The smallest absolute Gasteiger partial charge is 0.385 e. The highest BCUT2D eigenvalue weighted by Gasteiger charge is 2.32. The van der Waals surface area contributed by atoms with Crippen molar-refractivity contribution in [2.24, 2.45) is 0 Å². The van der Waals surface area contributed by atoms with E-state index in [9.17, 15) is 19.1 Å². The second-order valence-electron chi connectivity index (χ2n) is 6.88. The average molecular weight is 408 g/mol. The number of benzene rings is 2. The maximum Gasteiger partial charge on any atom is 0.385 e. The lowest BCUT2D eigenvalue weighted by molar-refractivity contribution is -0.134. The van der Waals surface area contributed by atoms with Crippen LogP contribution in [0.25, 0.3) is 0 Å². The van der Waals surface area contributed by atoms with E-state index in [1.807, 2.05) is 45.9 Å². The molecule has 2 aromatic rings. The largest absolute Gasteiger partial charge is 0.425 e. The Balaban J connectivity index is 2.45. The Morgan fingerprint density at radius 1 is 0.926 bits per heavy atom. The van der Waals surface area contributed by atoms with Crippen LogP contribution in [0.15, 0.2) is 48.5 Å². The van der Waals surface area contributed by atoms with Gasteiger partial charge in [-0.1, -0.05) is 76.2 Å². The first-order valence-electron chi connectivity index (χ1n) is 8.73. The van der Waals surface area contributed by atoms with Crippen LogP contribution in [0, 0.1) is 0 Å². The molecule has 0 spiro atoms. The van der Waals surface area contributed by atoms with E-state index in [1.54, 1.807) is 30.3 Å². The number of carbonyl (C=O) groups is 1. The Labute approximate surface area is 164 Å². The summed E-state index contributed by atoms with van der Waals surface area (Å²) >= 11 is 0.303. The van der Waals surface area contributed by atoms with Crippen molar-refractivity contribution in [3.63, 3.8) is 0 Å². The number of para-hydroxylation sites is 1. The maximum atomic E-state index is 13.0. The van der Waals surface area contributed by atoms with Crippen molar-refractivity contribution in [2.75, 3.05) is 0 Å². The van der Waals surface area contributed by atoms with Crippen molar-refractivity contribution in [1.82, 2.24) is 0 Å². The van der Waals surface area contributed by atoms with Gasteiger partial charge in [0.1, 0.15) is 11.0 Å². The number of hydrogen-bond acceptors (Lipinski definition) is 4. The molecule has 0 aliphatic carbocycles. The molecule has 0 radical (unpaired) electrons. The SMILES string of the molecule is CC(C)c1cccc(C(C)C)c1OC(=O)C(SP(=O)(O)O)c1ccccc1. The molecule has 0 aliphatic heterocycles. The molecule has 5 nitrogen and oxygen atoms in total. The van der Waals surface area contributed by atoms with Crippen molar-refractivity contribution in [3.05, 3.63) is 65.2 Å². The Hall–Kier alpha value is -1.59. The van der Waals surface area contributed by atoms with Gasteiger partial charge < -0.3 is 14.5 Å². The molecule has 0 saturated heterocycles. The molecule has 2 rings (SSSR count). The molecule has 27 heavy (non-hydrogen) atoms. The zero-order chi connectivity index (χ0) is 20.2. The topological polar surface area (TPSA) is 83.8 Å². The minimum Gasteiger partial charge on any atom is -0.425 e. The minimum atomic E-state index is -4.49. The van der Waals surface area contributed by atoms with Crippen LogP contribution in [0.1, 0.15) is 61.5 Å². The first-order valence-corrected chi connectivity index (χ1v) is 11.8. The fourth-order valence-electron chi connectivity index (χ4n) is 2.76. The standard InChI is InChI=1S/C20H25O5PS/c1-13(2)16-11-8-12-17(14(3)4)18(16)25-20(21)19(27-26(22,23)24)15-9-6-5-7-10-15/h5-14,19H,1-4H3,(H2,22,23,24). The molecular weight excluding hydrogens is 383 g/mol. The van der Waals surface area contributed by atoms with Gasteiger partial charge in [-0.3, -0.25) is 4.79 Å². The summed E-state index contributed by atoms with van der Waals surface area (Å²) < 4.78 is 17.3. The van der Waals surface area contributed by atoms with Gasteiger partial charge in [-0.2, -0.15) is 0 Å². The Kier molecular flexibility index (Phi) is 7.29. The molecule has 0 aliphatic rings. The average Bonchev–Trinajstić information content (AvgIpc) is 2.59. The molecule has 7 heteroatoms. The summed E-state index contributed by atoms with van der Waals surface area (Å²) in [7, 11) is 0. The normalized spacial score (nSPS) is 13.0. The first kappa shape index (κ1) is 21.7. The van der Waals surface area contributed by atoms with E-state index >= 15 is 0 Å². The van der Waals surface area contributed by atoms with Gasteiger partial charge in [0.25, 0.3) is 0 Å². The van der Waals surface area contributed by atoms with Gasteiger partial charge in [0.05, 0.1) is 0 Å². The predicted molar refractivity (Wildman–Crippen MR) is 109 cm³/mol. The zero-order valence-electron chi connectivity index (χ0n) is 15.8. The predicted octanol–water partition coefficient (Wildman–Crippen LogP) is 5.41. The molecule has 2 aromatic carbocycles. The summed E-state index contributed by atoms with van der Waals surface area (Å²) in [6.45, 7) is 3.55. The van der Waals surface area contributed by atoms with Gasteiger partial charge >= 0.3 is 12.8 Å². The van der Waals surface area contributed by atoms with Gasteiger partial charge in [0.15, 0.2) is 0 Å². The molecule has 0 heterocycles. The maximum absolute atomic E-state index is 13.0. The third-order valence-electron chi connectivity index (χ3n) is 4.08. The van der Waals surface area contributed by atoms with Crippen LogP contribution < -0.4 is 4.74 Å². The molecule has 2 N–H and O–H groups in total. The summed E-state index contributed by atoms with van der Waals surface area (Å²) in [4.78, 5) is 31.8. The van der Waals surface area contributed by atoms with E-state index in [0.717, 1.165) is 11.1 Å². The summed E-state index contributed by atoms with van der Waals surface area (Å²) in [6, 6.07) is 14.3. The van der Waals surface area contributed by atoms with Crippen molar-refractivity contribution in [1.29, 1.82) is 0 Å². The van der Waals surface area contributed by atoms with Crippen LogP contribution in [0.4, 0.5) is 0 Å². The molecule has 1 unspecified atom stereocenters. The Morgan fingerprint density at radius 3 is 1.89 bits per heavy atom. The van der Waals surface area contributed by atoms with Gasteiger partial charge in [-0.25, -0.2) is 4.57 Å². The second kappa shape index (κ2) is 9.07. The molecule has 0 saturated carbocycles. The van der Waals surface area contributed by atoms with Gasteiger partial charge in [-0.15, -0.1) is 0 Å². The van der Waals surface area contributed by atoms with Crippen LogP contribution in [0.5, 0.6) is 5.75 Å². The van der Waals surface area contributed by atoms with Crippen molar-refractivity contribution >= 4 is 24.1 Å². The van der Waals surface area contributed by atoms with Gasteiger partial charge in [-0.05, 0) is 39.9 Å². The third kappa shape index (κ3) is 5.94. The Morgan fingerprint density at radius 2 is 1.44 bits per heavy atom. The molecule has 0 amide bonds. The summed E-state index contributed by atoms with van der Waals surface area (Å²) in [5.74, 6) is 0.0662. The lowest BCUT2D eigenvalue weighted by Gasteiger charge is -2.22. The molecule has 1 atom stereocenters. The number of ether oxygens (including phenoxy) is 1. The molecule has 0 aromatic heterocycles. The minimum absolute atomic E-state index is 0.135. The number of hydrogen-bond donors (Lipinski definition) is 2. The summed E-state index contributed by atoms with van der Waals surface area (Å²) in [6.07, 6.45) is 0. The highest BCUT2D eigenvalue weighted by molar-refractivity contribution is 8.54. The monoisotopic (exact) mass is 408 g/mol. The second-order valence-corrected chi connectivity index (χ2v) is 10.6. The third-order valence-corrected chi connectivity index (χ3v) is 6.49. The van der Waals surface area contributed by atoms with Crippen LogP contribution in [0.2, 0.25) is 0 Å². The van der Waals surface area contributed by atoms with Crippen LogP contribution in [0.3, 0.4) is 0 Å². The van der Waals surface area contributed by atoms with Crippen molar-refractivity contribution in [3.8, 4) is 5.75 Å². The molecule has 146 valence electrons.